The zero-order valence-electron chi connectivity index (χ0n) is 9.95. The Morgan fingerprint density at radius 1 is 1.44 bits per heavy atom. The summed E-state index contributed by atoms with van der Waals surface area (Å²) in [6.07, 6.45) is 12.5. The highest BCUT2D eigenvalue weighted by Crippen LogP contribution is 2.29. The van der Waals surface area contributed by atoms with Gasteiger partial charge < -0.3 is 10.1 Å². The maximum absolute atomic E-state index is 10.6. The highest BCUT2D eigenvalue weighted by Gasteiger charge is 2.30. The Morgan fingerprint density at radius 3 is 2.88 bits per heavy atom. The van der Waals surface area contributed by atoms with Gasteiger partial charge in [-0.1, -0.05) is 25.0 Å². The van der Waals surface area contributed by atoms with Crippen LogP contribution in [0.5, 0.6) is 0 Å². The van der Waals surface area contributed by atoms with Crippen LogP contribution in [-0.4, -0.2) is 24.2 Å². The number of hydrogen-bond acceptors (Lipinski definition) is 2. The summed E-state index contributed by atoms with van der Waals surface area (Å²) in [5.74, 6) is 0. The third-order valence-electron chi connectivity index (χ3n) is 3.65. The topological polar surface area (TPSA) is 38.3 Å². The lowest BCUT2D eigenvalue weighted by Gasteiger charge is -2.35. The van der Waals surface area contributed by atoms with Gasteiger partial charge >= 0.3 is 0 Å². The molecule has 0 heterocycles. The number of nitrogens with one attached hydrogen (secondary N) is 1. The van der Waals surface area contributed by atoms with Gasteiger partial charge in [0, 0.05) is 12.0 Å². The molecule has 90 valence electrons. The Hall–Kier alpha value is -0.830. The predicted molar refractivity (Wildman–Crippen MR) is 63.1 cm³/mol. The summed E-state index contributed by atoms with van der Waals surface area (Å²) in [4.78, 5) is 10.6. The van der Waals surface area contributed by atoms with Crippen LogP contribution in [0.4, 0.5) is 0 Å². The molecule has 3 heteroatoms. The fraction of sp³-hybridized carbons (Fsp3) is 0.769. The second-order valence-corrected chi connectivity index (χ2v) is 5.24. The summed E-state index contributed by atoms with van der Waals surface area (Å²) in [6, 6.07) is 0. The number of amides is 1. The van der Waals surface area contributed by atoms with Gasteiger partial charge in [-0.2, -0.15) is 0 Å². The van der Waals surface area contributed by atoms with E-state index in [0.29, 0.717) is 6.10 Å². The lowest BCUT2D eigenvalue weighted by atomic mass is 9.86. The first kappa shape index (κ1) is 11.6. The molecule has 2 atom stereocenters. The largest absolute Gasteiger partial charge is 0.371 e. The van der Waals surface area contributed by atoms with Gasteiger partial charge in [-0.05, 0) is 26.2 Å². The van der Waals surface area contributed by atoms with Crippen LogP contribution in [0.25, 0.3) is 0 Å². The minimum Gasteiger partial charge on any atom is -0.371 e. The summed E-state index contributed by atoms with van der Waals surface area (Å²) in [5.41, 5.74) is -0.125. The quantitative estimate of drug-likeness (QED) is 0.586. The molecule has 1 amide bonds. The number of rotatable bonds is 4. The maximum atomic E-state index is 10.6. The number of ether oxygens (including phenoxy) is 1. The van der Waals surface area contributed by atoms with Crippen LogP contribution in [0.3, 0.4) is 0 Å². The molecule has 0 aromatic rings. The van der Waals surface area contributed by atoms with Crippen molar-refractivity contribution in [1.29, 1.82) is 0 Å². The van der Waals surface area contributed by atoms with E-state index in [1.807, 2.05) is 0 Å². The average molecular weight is 223 g/mol. The molecule has 16 heavy (non-hydrogen) atoms. The Bertz CT molecular complexity index is 271. The van der Waals surface area contributed by atoms with Crippen LogP contribution in [0.2, 0.25) is 0 Å². The fourth-order valence-electron chi connectivity index (χ4n) is 2.70. The minimum atomic E-state index is -0.125. The predicted octanol–water partition coefficient (Wildman–Crippen LogP) is 2.17. The van der Waals surface area contributed by atoms with Crippen LogP contribution in [0.15, 0.2) is 12.2 Å². The van der Waals surface area contributed by atoms with Gasteiger partial charge in [-0.25, -0.2) is 0 Å². The fourth-order valence-corrected chi connectivity index (χ4v) is 2.70. The van der Waals surface area contributed by atoms with Crippen LogP contribution in [0, 0.1) is 0 Å². The molecule has 0 aromatic carbocycles. The van der Waals surface area contributed by atoms with E-state index in [0.717, 1.165) is 19.3 Å². The van der Waals surface area contributed by atoms with E-state index >= 15 is 0 Å². The summed E-state index contributed by atoms with van der Waals surface area (Å²) in [7, 11) is 0. The highest BCUT2D eigenvalue weighted by molar-refractivity contribution is 5.48. The van der Waals surface area contributed by atoms with Gasteiger partial charge in [0.25, 0.3) is 0 Å². The molecule has 1 fully saturated rings. The van der Waals surface area contributed by atoms with Crippen LogP contribution < -0.4 is 5.32 Å². The minimum absolute atomic E-state index is 0.125. The van der Waals surface area contributed by atoms with Gasteiger partial charge in [0.15, 0.2) is 0 Å². The van der Waals surface area contributed by atoms with E-state index in [9.17, 15) is 4.79 Å². The number of hydrogen-bond donors (Lipinski definition) is 1. The van der Waals surface area contributed by atoms with Crippen molar-refractivity contribution in [1.82, 2.24) is 5.32 Å². The zero-order valence-corrected chi connectivity index (χ0v) is 9.95. The van der Waals surface area contributed by atoms with E-state index in [1.54, 1.807) is 0 Å². The summed E-state index contributed by atoms with van der Waals surface area (Å²) >= 11 is 0. The molecule has 2 rings (SSSR count). The van der Waals surface area contributed by atoms with Crippen molar-refractivity contribution in [3.8, 4) is 0 Å². The van der Waals surface area contributed by atoms with Crippen molar-refractivity contribution >= 4 is 6.41 Å². The smallest absolute Gasteiger partial charge is 0.207 e. The van der Waals surface area contributed by atoms with Crippen LogP contribution in [0.1, 0.15) is 45.4 Å². The standard InChI is InChI=1S/C13H21NO2/c1-13(14-10-15)8-4-7-12(9-13)16-11-5-2-3-6-11/h4,7,10-12H,2-3,5-6,8-9H2,1H3,(H,14,15). The molecule has 3 nitrogen and oxygen atoms in total. The molecular formula is C13H21NO2. The molecule has 1 N–H and O–H groups in total. The third-order valence-corrected chi connectivity index (χ3v) is 3.65. The molecule has 0 aliphatic heterocycles. The Labute approximate surface area is 97.2 Å². The Balaban J connectivity index is 1.88. The molecule has 2 unspecified atom stereocenters. The second kappa shape index (κ2) is 5.00. The molecule has 0 saturated heterocycles. The van der Waals surface area contributed by atoms with Crippen molar-refractivity contribution in [2.75, 3.05) is 0 Å². The molecule has 0 spiro atoms. The summed E-state index contributed by atoms with van der Waals surface area (Å²) in [6.45, 7) is 2.08. The van der Waals surface area contributed by atoms with Gasteiger partial charge in [0.2, 0.25) is 6.41 Å². The average Bonchev–Trinajstić information content (AvgIpc) is 2.70. The van der Waals surface area contributed by atoms with Crippen molar-refractivity contribution in [3.05, 3.63) is 12.2 Å². The van der Waals surface area contributed by atoms with Crippen molar-refractivity contribution in [3.63, 3.8) is 0 Å². The zero-order chi connectivity index (χ0) is 11.4. The molecule has 2 aliphatic rings. The lowest BCUT2D eigenvalue weighted by Crippen LogP contribution is -2.46. The van der Waals surface area contributed by atoms with Gasteiger partial charge in [0.05, 0.1) is 12.2 Å². The van der Waals surface area contributed by atoms with E-state index in [2.05, 4.69) is 24.4 Å². The number of carbonyl (C=O) groups is 1. The van der Waals surface area contributed by atoms with Crippen LogP contribution in [-0.2, 0) is 9.53 Å². The molecule has 0 radical (unpaired) electrons. The van der Waals surface area contributed by atoms with Gasteiger partial charge in [0.1, 0.15) is 0 Å². The first-order valence-electron chi connectivity index (χ1n) is 6.25. The Kier molecular flexibility index (Phi) is 3.64. The summed E-state index contributed by atoms with van der Waals surface area (Å²) < 4.78 is 6.05. The maximum Gasteiger partial charge on any atom is 0.207 e. The summed E-state index contributed by atoms with van der Waals surface area (Å²) in [5, 5.41) is 2.90. The molecule has 0 aromatic heterocycles. The van der Waals surface area contributed by atoms with Gasteiger partial charge in [-0.15, -0.1) is 0 Å². The van der Waals surface area contributed by atoms with E-state index < -0.39 is 0 Å². The molecule has 2 aliphatic carbocycles. The highest BCUT2D eigenvalue weighted by atomic mass is 16.5. The first-order chi connectivity index (χ1) is 7.72. The van der Waals surface area contributed by atoms with E-state index in [4.69, 9.17) is 4.74 Å². The van der Waals surface area contributed by atoms with Gasteiger partial charge in [-0.3, -0.25) is 4.79 Å². The SMILES string of the molecule is CC1(NC=O)CC=CC(OC2CCCC2)C1. The lowest BCUT2D eigenvalue weighted by molar-refractivity contribution is -0.111. The van der Waals surface area contributed by atoms with Crippen LogP contribution >= 0.6 is 0 Å². The van der Waals surface area contributed by atoms with E-state index in [-0.39, 0.29) is 11.6 Å². The van der Waals surface area contributed by atoms with Crippen molar-refractivity contribution in [2.45, 2.75) is 63.2 Å². The van der Waals surface area contributed by atoms with Crippen molar-refractivity contribution in [2.24, 2.45) is 0 Å². The first-order valence-corrected chi connectivity index (χ1v) is 6.25. The molecular weight excluding hydrogens is 202 g/mol. The monoisotopic (exact) mass is 223 g/mol. The molecule has 0 bridgehead atoms. The van der Waals surface area contributed by atoms with E-state index in [1.165, 1.54) is 25.7 Å². The number of carbonyl (C=O) groups excluding carboxylic acids is 1. The molecule has 1 saturated carbocycles. The normalized spacial score (nSPS) is 35.2. The second-order valence-electron chi connectivity index (χ2n) is 5.24. The third kappa shape index (κ3) is 2.85. The van der Waals surface area contributed by atoms with Crippen molar-refractivity contribution < 1.29 is 9.53 Å². The Morgan fingerprint density at radius 2 is 2.19 bits per heavy atom.